The summed E-state index contributed by atoms with van der Waals surface area (Å²) in [6.45, 7) is 2.51. The van der Waals surface area contributed by atoms with E-state index < -0.39 is 0 Å². The third-order valence-electron chi connectivity index (χ3n) is 3.72. The van der Waals surface area contributed by atoms with Crippen molar-refractivity contribution >= 4 is 16.6 Å². The summed E-state index contributed by atoms with van der Waals surface area (Å²) in [6, 6.07) is 12.2. The summed E-state index contributed by atoms with van der Waals surface area (Å²) in [6.07, 6.45) is 0.776. The third-order valence-corrected chi connectivity index (χ3v) is 3.72. The lowest BCUT2D eigenvalue weighted by Crippen LogP contribution is -2.34. The average Bonchev–Trinajstić information content (AvgIpc) is 2.53. The van der Waals surface area contributed by atoms with Gasteiger partial charge in [-0.3, -0.25) is 0 Å². The van der Waals surface area contributed by atoms with Gasteiger partial charge in [0, 0.05) is 5.56 Å². The highest BCUT2D eigenvalue weighted by Crippen LogP contribution is 2.34. The van der Waals surface area contributed by atoms with Gasteiger partial charge in [-0.1, -0.05) is 24.3 Å². The average molecular weight is 315 g/mol. The Morgan fingerprint density at radius 3 is 2.52 bits per heavy atom. The predicted octanol–water partition coefficient (Wildman–Crippen LogP) is 1.97. The van der Waals surface area contributed by atoms with E-state index in [0.717, 1.165) is 35.1 Å². The third kappa shape index (κ3) is 4.12. The first-order chi connectivity index (χ1) is 11.1. The van der Waals surface area contributed by atoms with E-state index in [1.54, 1.807) is 14.0 Å². The number of benzene rings is 2. The van der Waals surface area contributed by atoms with Crippen LogP contribution in [0.15, 0.2) is 41.5 Å². The number of nitrogens with two attached hydrogens (primary N) is 2. The van der Waals surface area contributed by atoms with Crippen molar-refractivity contribution in [3.05, 3.63) is 42.0 Å². The maximum Gasteiger partial charge on any atom is 0.124 e. The number of hydrogen-bond donors (Lipinski definition) is 3. The first-order valence-electron chi connectivity index (χ1n) is 7.62. The molecular weight excluding hydrogens is 290 g/mol. The number of hydrogen-bond acceptors (Lipinski definition) is 5. The van der Waals surface area contributed by atoms with Crippen LogP contribution in [0.2, 0.25) is 0 Å². The summed E-state index contributed by atoms with van der Waals surface area (Å²) < 4.78 is 5.59. The van der Waals surface area contributed by atoms with Crippen LogP contribution < -0.4 is 21.6 Å². The van der Waals surface area contributed by atoms with E-state index in [2.05, 4.69) is 28.6 Å². The van der Waals surface area contributed by atoms with Crippen molar-refractivity contribution in [2.24, 2.45) is 16.7 Å². The number of methoxy groups -OCH3 is 1. The monoisotopic (exact) mass is 315 g/mol. The Bertz CT molecular complexity index is 682. The van der Waals surface area contributed by atoms with Crippen LogP contribution in [0.25, 0.3) is 10.8 Å². The zero-order valence-corrected chi connectivity index (χ0v) is 13.9. The topological polar surface area (TPSA) is 88.9 Å². The van der Waals surface area contributed by atoms with Crippen molar-refractivity contribution in [2.45, 2.75) is 19.4 Å². The van der Waals surface area contributed by atoms with Gasteiger partial charge in [0.2, 0.25) is 0 Å². The van der Waals surface area contributed by atoms with E-state index in [9.17, 15) is 0 Å². The summed E-state index contributed by atoms with van der Waals surface area (Å²) in [5.74, 6) is 7.36. The molecule has 0 amide bonds. The lowest BCUT2D eigenvalue weighted by molar-refractivity contribution is 0.196. The van der Waals surface area contributed by atoms with Crippen molar-refractivity contribution in [3.8, 4) is 5.75 Å². The van der Waals surface area contributed by atoms with Crippen LogP contribution in [0, 0.1) is 0 Å². The number of nitrogens with one attached hydrogen (secondary N) is 1. The first-order valence-corrected chi connectivity index (χ1v) is 7.62. The van der Waals surface area contributed by atoms with E-state index >= 15 is 0 Å². The molecule has 5 N–H and O–H groups in total. The Kier molecular flexibility index (Phi) is 5.78. The molecule has 124 valence electrons. The first kappa shape index (κ1) is 17.1. The number of hydrazine groups is 1. The van der Waals surface area contributed by atoms with Crippen molar-refractivity contribution in [1.82, 2.24) is 10.4 Å². The second-order valence-corrected chi connectivity index (χ2v) is 5.47. The second kappa shape index (κ2) is 7.80. The molecule has 6 heteroatoms. The largest absolute Gasteiger partial charge is 0.496 e. The molecule has 2 aromatic carbocycles. The number of ether oxygens (including phenoxy) is 1. The Balaban J connectivity index is 2.51. The minimum Gasteiger partial charge on any atom is -0.496 e. The van der Waals surface area contributed by atoms with Gasteiger partial charge in [-0.25, -0.2) is 11.0 Å². The number of hydrazone groups is 1. The van der Waals surface area contributed by atoms with Gasteiger partial charge in [0.05, 0.1) is 13.2 Å². The number of rotatable bonds is 7. The van der Waals surface area contributed by atoms with E-state index in [1.165, 1.54) is 5.12 Å². The van der Waals surface area contributed by atoms with E-state index in [4.69, 9.17) is 16.3 Å². The van der Waals surface area contributed by atoms with Crippen molar-refractivity contribution in [3.63, 3.8) is 0 Å². The van der Waals surface area contributed by atoms with Crippen molar-refractivity contribution in [1.29, 1.82) is 0 Å². The molecule has 2 rings (SSSR count). The van der Waals surface area contributed by atoms with Gasteiger partial charge < -0.3 is 15.8 Å². The van der Waals surface area contributed by atoms with Gasteiger partial charge in [0.1, 0.15) is 11.6 Å². The lowest BCUT2D eigenvalue weighted by Gasteiger charge is -2.27. The molecule has 0 fully saturated rings. The minimum absolute atomic E-state index is 0.138. The zero-order chi connectivity index (χ0) is 16.8. The van der Waals surface area contributed by atoms with Crippen LogP contribution in [-0.4, -0.2) is 31.7 Å². The van der Waals surface area contributed by atoms with Crippen LogP contribution in [0.5, 0.6) is 5.75 Å². The van der Waals surface area contributed by atoms with Crippen LogP contribution in [0.1, 0.15) is 24.9 Å². The van der Waals surface area contributed by atoms with Crippen LogP contribution in [-0.2, 0) is 0 Å². The fraction of sp³-hybridized carbons (Fsp3) is 0.353. The molecule has 0 radical (unpaired) electrons. The molecule has 0 aliphatic heterocycles. The summed E-state index contributed by atoms with van der Waals surface area (Å²) in [5.41, 5.74) is 6.67. The normalized spacial score (nSPS) is 13.1. The van der Waals surface area contributed by atoms with E-state index in [-0.39, 0.29) is 6.04 Å². The van der Waals surface area contributed by atoms with E-state index in [0.29, 0.717) is 5.84 Å². The highest BCUT2D eigenvalue weighted by Gasteiger charge is 2.21. The summed E-state index contributed by atoms with van der Waals surface area (Å²) in [7, 11) is 3.58. The summed E-state index contributed by atoms with van der Waals surface area (Å²) >= 11 is 0. The Morgan fingerprint density at radius 1 is 1.30 bits per heavy atom. The zero-order valence-electron chi connectivity index (χ0n) is 13.9. The minimum atomic E-state index is -0.138. The summed E-state index contributed by atoms with van der Waals surface area (Å²) in [4.78, 5) is 0. The van der Waals surface area contributed by atoms with Gasteiger partial charge >= 0.3 is 0 Å². The van der Waals surface area contributed by atoms with Gasteiger partial charge in [0.15, 0.2) is 0 Å². The molecule has 23 heavy (non-hydrogen) atoms. The number of amidine groups is 1. The van der Waals surface area contributed by atoms with Gasteiger partial charge in [-0.15, -0.1) is 5.10 Å². The highest BCUT2D eigenvalue weighted by atomic mass is 16.5. The SMILES string of the molecule is CNCCC(c1cc2ccccc2cc1OC)N(N)/N=C(/C)N. The molecule has 0 aliphatic rings. The number of fused-ring (bicyclic) bond motifs is 1. The van der Waals surface area contributed by atoms with Crippen molar-refractivity contribution in [2.75, 3.05) is 20.7 Å². The maximum atomic E-state index is 6.14. The highest BCUT2D eigenvalue weighted by molar-refractivity contribution is 5.85. The molecule has 0 aromatic heterocycles. The fourth-order valence-electron chi connectivity index (χ4n) is 2.64. The smallest absolute Gasteiger partial charge is 0.124 e. The molecule has 0 saturated carbocycles. The van der Waals surface area contributed by atoms with Crippen LogP contribution >= 0.6 is 0 Å². The molecule has 0 spiro atoms. The lowest BCUT2D eigenvalue weighted by atomic mass is 9.98. The Labute approximate surface area is 137 Å². The van der Waals surface area contributed by atoms with Gasteiger partial charge in [0.25, 0.3) is 0 Å². The van der Waals surface area contributed by atoms with Gasteiger partial charge in [-0.2, -0.15) is 0 Å². The molecule has 0 heterocycles. The maximum absolute atomic E-state index is 6.14. The second-order valence-electron chi connectivity index (χ2n) is 5.47. The Morgan fingerprint density at radius 2 is 1.96 bits per heavy atom. The van der Waals surface area contributed by atoms with E-state index in [1.807, 2.05) is 25.2 Å². The predicted molar refractivity (Wildman–Crippen MR) is 95.1 cm³/mol. The molecule has 0 aliphatic carbocycles. The van der Waals surface area contributed by atoms with Crippen molar-refractivity contribution < 1.29 is 4.74 Å². The fourth-order valence-corrected chi connectivity index (χ4v) is 2.64. The molecule has 1 atom stereocenters. The number of nitrogens with zero attached hydrogens (tertiary/aromatic N) is 2. The Hall–Kier alpha value is -2.31. The standard InChI is InChI=1S/C17H25N5O/c1-12(18)21-22(19)16(8-9-20-2)15-10-13-6-4-5-7-14(13)11-17(15)23-3/h4-7,10-11,16,20H,8-9,19H2,1-3H3,(H2,18,21). The van der Waals surface area contributed by atoms with Crippen LogP contribution in [0.3, 0.4) is 0 Å². The quantitative estimate of drug-likeness (QED) is 0.315. The molecular formula is C17H25N5O. The molecule has 1 unspecified atom stereocenters. The molecule has 2 aromatic rings. The van der Waals surface area contributed by atoms with Gasteiger partial charge in [-0.05, 0) is 49.8 Å². The van der Waals surface area contributed by atoms with Crippen LogP contribution in [0.4, 0.5) is 0 Å². The molecule has 0 bridgehead atoms. The molecule has 0 saturated heterocycles. The summed E-state index contributed by atoms with van der Waals surface area (Å²) in [5, 5.41) is 11.0. The molecule has 6 nitrogen and oxygen atoms in total.